The molecule has 1 saturated carbocycles. The van der Waals surface area contributed by atoms with Gasteiger partial charge in [0, 0.05) is 18.8 Å². The van der Waals surface area contributed by atoms with Gasteiger partial charge in [-0.1, -0.05) is 13.8 Å². The highest BCUT2D eigenvalue weighted by atomic mass is 15.3. The van der Waals surface area contributed by atoms with Gasteiger partial charge in [0.25, 0.3) is 0 Å². The van der Waals surface area contributed by atoms with Crippen LogP contribution in [-0.4, -0.2) is 22.4 Å². The lowest BCUT2D eigenvalue weighted by Gasteiger charge is -2.23. The number of hydrogen-bond acceptors (Lipinski definition) is 2. The van der Waals surface area contributed by atoms with Gasteiger partial charge >= 0.3 is 0 Å². The first kappa shape index (κ1) is 11.6. The van der Waals surface area contributed by atoms with Gasteiger partial charge in [0.05, 0.1) is 6.20 Å². The molecule has 1 aromatic rings. The number of rotatable bonds is 6. The van der Waals surface area contributed by atoms with E-state index in [1.165, 1.54) is 24.8 Å². The molecular weight excluding hydrogens is 198 g/mol. The van der Waals surface area contributed by atoms with Crippen molar-refractivity contribution in [1.29, 1.82) is 0 Å². The summed E-state index contributed by atoms with van der Waals surface area (Å²) >= 11 is 0. The molecule has 3 heteroatoms. The highest BCUT2D eigenvalue weighted by Gasteiger charge is 2.24. The van der Waals surface area contributed by atoms with Crippen LogP contribution in [0.2, 0.25) is 0 Å². The normalized spacial score (nSPS) is 16.7. The van der Waals surface area contributed by atoms with Gasteiger partial charge in [-0.3, -0.25) is 4.68 Å². The topological polar surface area (TPSA) is 29.9 Å². The molecule has 90 valence electrons. The minimum absolute atomic E-state index is 0.231. The molecule has 1 aliphatic rings. The summed E-state index contributed by atoms with van der Waals surface area (Å²) < 4.78 is 2.01. The molecule has 0 amide bonds. The van der Waals surface area contributed by atoms with Crippen molar-refractivity contribution in [3.05, 3.63) is 18.0 Å². The summed E-state index contributed by atoms with van der Waals surface area (Å²) in [5.41, 5.74) is 1.59. The highest BCUT2D eigenvalue weighted by Crippen LogP contribution is 2.27. The fourth-order valence-electron chi connectivity index (χ4n) is 1.91. The van der Waals surface area contributed by atoms with E-state index in [0.29, 0.717) is 0 Å². The number of nitrogens with zero attached hydrogens (tertiary/aromatic N) is 2. The van der Waals surface area contributed by atoms with Crippen LogP contribution in [0.25, 0.3) is 0 Å². The van der Waals surface area contributed by atoms with E-state index in [2.05, 4.69) is 37.4 Å². The maximum Gasteiger partial charge on any atom is 0.0527 e. The van der Waals surface area contributed by atoms with Crippen LogP contribution in [-0.2, 0) is 12.0 Å². The fourth-order valence-corrected chi connectivity index (χ4v) is 1.91. The summed E-state index contributed by atoms with van der Waals surface area (Å²) in [5.74, 6) is 0. The van der Waals surface area contributed by atoms with Crippen LogP contribution in [0, 0.1) is 0 Å². The molecular formula is C13H23N3. The Morgan fingerprint density at radius 2 is 2.25 bits per heavy atom. The summed E-state index contributed by atoms with van der Waals surface area (Å²) in [6.07, 6.45) is 8.11. The molecule has 1 aliphatic carbocycles. The van der Waals surface area contributed by atoms with E-state index < -0.39 is 0 Å². The zero-order valence-electron chi connectivity index (χ0n) is 10.7. The first-order valence-electron chi connectivity index (χ1n) is 6.38. The van der Waals surface area contributed by atoms with Gasteiger partial charge in [-0.25, -0.2) is 0 Å². The third-order valence-electron chi connectivity index (χ3n) is 3.50. The Hall–Kier alpha value is -0.830. The summed E-state index contributed by atoms with van der Waals surface area (Å²) in [6.45, 7) is 8.81. The van der Waals surface area contributed by atoms with E-state index >= 15 is 0 Å². The van der Waals surface area contributed by atoms with E-state index in [4.69, 9.17) is 0 Å². The SMILES string of the molecule is CCn1cc(C(C)(C)CCNC2CC2)cn1. The van der Waals surface area contributed by atoms with Crippen LogP contribution in [0.3, 0.4) is 0 Å². The second-order valence-corrected chi connectivity index (χ2v) is 5.45. The van der Waals surface area contributed by atoms with Crippen LogP contribution in [0.1, 0.15) is 45.6 Å². The van der Waals surface area contributed by atoms with Crippen LogP contribution in [0.5, 0.6) is 0 Å². The standard InChI is InChI=1S/C13H23N3/c1-4-16-10-11(9-15-16)13(2,3)7-8-14-12-5-6-12/h9-10,12,14H,4-8H2,1-3H3. The minimum atomic E-state index is 0.231. The second kappa shape index (κ2) is 4.58. The third kappa shape index (κ3) is 2.85. The Morgan fingerprint density at radius 3 is 2.81 bits per heavy atom. The highest BCUT2D eigenvalue weighted by molar-refractivity contribution is 5.16. The van der Waals surface area contributed by atoms with E-state index in [0.717, 1.165) is 19.1 Å². The molecule has 0 aliphatic heterocycles. The molecule has 0 spiro atoms. The smallest absolute Gasteiger partial charge is 0.0527 e. The first-order valence-corrected chi connectivity index (χ1v) is 6.38. The zero-order chi connectivity index (χ0) is 11.6. The van der Waals surface area contributed by atoms with Crippen molar-refractivity contribution < 1.29 is 0 Å². The Kier molecular flexibility index (Phi) is 3.33. The van der Waals surface area contributed by atoms with Gasteiger partial charge in [-0.2, -0.15) is 5.10 Å². The maximum atomic E-state index is 4.35. The number of aryl methyl sites for hydroxylation is 1. The Bertz CT molecular complexity index is 337. The average Bonchev–Trinajstić information content (AvgIpc) is 2.93. The quantitative estimate of drug-likeness (QED) is 0.799. The van der Waals surface area contributed by atoms with E-state index in [1.54, 1.807) is 0 Å². The van der Waals surface area contributed by atoms with Gasteiger partial charge in [-0.15, -0.1) is 0 Å². The average molecular weight is 221 g/mol. The molecule has 0 saturated heterocycles. The van der Waals surface area contributed by atoms with Crippen molar-refractivity contribution in [2.24, 2.45) is 0 Å². The van der Waals surface area contributed by atoms with Crippen molar-refractivity contribution in [3.63, 3.8) is 0 Å². The van der Waals surface area contributed by atoms with Gasteiger partial charge in [0.2, 0.25) is 0 Å². The third-order valence-corrected chi connectivity index (χ3v) is 3.50. The Labute approximate surface area is 98.2 Å². The largest absolute Gasteiger partial charge is 0.314 e. The van der Waals surface area contributed by atoms with Crippen LogP contribution in [0.4, 0.5) is 0 Å². The van der Waals surface area contributed by atoms with Crippen molar-refractivity contribution in [3.8, 4) is 0 Å². The van der Waals surface area contributed by atoms with E-state index in [9.17, 15) is 0 Å². The van der Waals surface area contributed by atoms with Crippen molar-refractivity contribution >= 4 is 0 Å². The second-order valence-electron chi connectivity index (χ2n) is 5.45. The first-order chi connectivity index (χ1) is 7.62. The lowest BCUT2D eigenvalue weighted by molar-refractivity contribution is 0.455. The van der Waals surface area contributed by atoms with Gasteiger partial charge < -0.3 is 5.32 Å². The van der Waals surface area contributed by atoms with E-state index in [-0.39, 0.29) is 5.41 Å². The monoisotopic (exact) mass is 221 g/mol. The van der Waals surface area contributed by atoms with Crippen molar-refractivity contribution in [2.75, 3.05) is 6.54 Å². The summed E-state index contributed by atoms with van der Waals surface area (Å²) in [7, 11) is 0. The summed E-state index contributed by atoms with van der Waals surface area (Å²) in [4.78, 5) is 0. The molecule has 16 heavy (non-hydrogen) atoms. The maximum absolute atomic E-state index is 4.35. The molecule has 0 aromatic carbocycles. The van der Waals surface area contributed by atoms with Gasteiger partial charge in [0.15, 0.2) is 0 Å². The molecule has 0 atom stereocenters. The lowest BCUT2D eigenvalue weighted by Crippen LogP contribution is -2.26. The minimum Gasteiger partial charge on any atom is -0.314 e. The Morgan fingerprint density at radius 1 is 1.50 bits per heavy atom. The molecule has 1 fully saturated rings. The predicted molar refractivity (Wildman–Crippen MR) is 66.6 cm³/mol. The number of nitrogens with one attached hydrogen (secondary N) is 1. The molecule has 3 nitrogen and oxygen atoms in total. The fraction of sp³-hybridized carbons (Fsp3) is 0.769. The molecule has 2 rings (SSSR count). The van der Waals surface area contributed by atoms with Crippen LogP contribution < -0.4 is 5.32 Å². The van der Waals surface area contributed by atoms with Gasteiger partial charge in [-0.05, 0) is 43.7 Å². The summed E-state index contributed by atoms with van der Waals surface area (Å²) in [6, 6.07) is 0.814. The predicted octanol–water partition coefficient (Wildman–Crippen LogP) is 2.32. The Balaban J connectivity index is 1.88. The molecule has 0 radical (unpaired) electrons. The van der Waals surface area contributed by atoms with Crippen LogP contribution in [0.15, 0.2) is 12.4 Å². The van der Waals surface area contributed by atoms with Crippen LogP contribution >= 0.6 is 0 Å². The summed E-state index contributed by atoms with van der Waals surface area (Å²) in [5, 5.41) is 7.93. The zero-order valence-corrected chi connectivity index (χ0v) is 10.7. The number of aromatic nitrogens is 2. The molecule has 0 unspecified atom stereocenters. The van der Waals surface area contributed by atoms with Crippen molar-refractivity contribution in [1.82, 2.24) is 15.1 Å². The van der Waals surface area contributed by atoms with E-state index in [1.807, 2.05) is 10.9 Å². The molecule has 1 aromatic heterocycles. The van der Waals surface area contributed by atoms with Crippen molar-refractivity contribution in [2.45, 2.75) is 58.0 Å². The lowest BCUT2D eigenvalue weighted by atomic mass is 9.83. The molecule has 1 N–H and O–H groups in total. The molecule has 0 bridgehead atoms. The van der Waals surface area contributed by atoms with Gasteiger partial charge in [0.1, 0.15) is 0 Å². The molecule has 1 heterocycles. The number of hydrogen-bond donors (Lipinski definition) is 1.